The maximum absolute atomic E-state index is 11.9. The molecular weight excluding hydrogens is 311 g/mol. The van der Waals surface area contributed by atoms with Crippen LogP contribution in [0.5, 0.6) is 0 Å². The van der Waals surface area contributed by atoms with Gasteiger partial charge in [-0.2, -0.15) is 0 Å². The Bertz CT molecular complexity index is 604. The molecule has 1 aliphatic rings. The summed E-state index contributed by atoms with van der Waals surface area (Å²) in [5.41, 5.74) is 1.39. The van der Waals surface area contributed by atoms with Gasteiger partial charge in [0.2, 0.25) is 0 Å². The van der Waals surface area contributed by atoms with Crippen molar-refractivity contribution < 1.29 is 4.79 Å². The van der Waals surface area contributed by atoms with Gasteiger partial charge in [0.1, 0.15) is 0 Å². The molecule has 0 N–H and O–H groups in total. The average molecular weight is 327 g/mol. The molecule has 2 aromatic carbocycles. The quantitative estimate of drug-likeness (QED) is 0.610. The van der Waals surface area contributed by atoms with E-state index in [1.165, 1.54) is 12.0 Å². The normalized spacial score (nSPS) is 21.0. The van der Waals surface area contributed by atoms with Gasteiger partial charge in [0, 0.05) is 0 Å². The van der Waals surface area contributed by atoms with Crippen LogP contribution in [0.15, 0.2) is 72.8 Å². The van der Waals surface area contributed by atoms with Gasteiger partial charge in [-0.3, -0.25) is 0 Å². The summed E-state index contributed by atoms with van der Waals surface area (Å²) in [6.07, 6.45) is 5.07. The van der Waals surface area contributed by atoms with Crippen LogP contribution >= 0.6 is 0 Å². The molecule has 0 radical (unpaired) electrons. The molecule has 2 atom stereocenters. The molecule has 1 saturated carbocycles. The summed E-state index contributed by atoms with van der Waals surface area (Å²) in [5, 5.41) is 0. The second-order valence-electron chi connectivity index (χ2n) is 5.01. The fourth-order valence-corrected chi connectivity index (χ4v) is 3.76. The van der Waals surface area contributed by atoms with Gasteiger partial charge in [-0.1, -0.05) is 0 Å². The van der Waals surface area contributed by atoms with E-state index in [9.17, 15) is 4.79 Å². The van der Waals surface area contributed by atoms with E-state index < -0.39 is 0 Å². The molecule has 20 heavy (non-hydrogen) atoms. The molecule has 1 fully saturated rings. The molecule has 0 aliphatic heterocycles. The Hall–Kier alpha value is -1.63. The molecule has 0 bridgehead atoms. The van der Waals surface area contributed by atoms with Gasteiger partial charge in [-0.15, -0.1) is 0 Å². The number of carbonyl (C=O) groups excluding carboxylic acids is 1. The SMILES string of the molecule is O=C(/C=C/C1CC1c1ccccc1)[Se]c1ccccc1. The number of rotatable bonds is 5. The molecule has 0 aromatic heterocycles. The van der Waals surface area contributed by atoms with Crippen LogP contribution in [0.1, 0.15) is 17.9 Å². The number of hydrogen-bond acceptors (Lipinski definition) is 1. The van der Waals surface area contributed by atoms with E-state index in [-0.39, 0.29) is 19.6 Å². The molecule has 0 spiro atoms. The summed E-state index contributed by atoms with van der Waals surface area (Å²) in [4.78, 5) is 11.9. The van der Waals surface area contributed by atoms with Crippen molar-refractivity contribution in [2.75, 3.05) is 0 Å². The molecule has 0 amide bonds. The fraction of sp³-hybridized carbons (Fsp3) is 0.167. The van der Waals surface area contributed by atoms with Crippen molar-refractivity contribution in [3.63, 3.8) is 0 Å². The minimum absolute atomic E-state index is 0.0884. The molecule has 1 aliphatic carbocycles. The van der Waals surface area contributed by atoms with Gasteiger partial charge in [-0.25, -0.2) is 0 Å². The summed E-state index contributed by atoms with van der Waals surface area (Å²) < 4.78 is 1.40. The standard InChI is InChI=1S/C18H16OSe/c19-18(20-16-9-5-2-6-10-16)12-11-15-13-17(15)14-7-3-1-4-8-14/h1-12,15,17H,13H2/b12-11+. The summed E-state index contributed by atoms with van der Waals surface area (Å²) in [6.45, 7) is 0. The van der Waals surface area contributed by atoms with E-state index >= 15 is 0 Å². The van der Waals surface area contributed by atoms with Crippen LogP contribution in [0.2, 0.25) is 0 Å². The first kappa shape index (κ1) is 13.4. The Balaban J connectivity index is 1.53. The number of hydrogen-bond donors (Lipinski definition) is 0. The maximum atomic E-state index is 11.9. The van der Waals surface area contributed by atoms with Crippen LogP contribution < -0.4 is 4.46 Å². The van der Waals surface area contributed by atoms with E-state index in [1.54, 1.807) is 6.08 Å². The molecule has 2 heteroatoms. The zero-order valence-corrected chi connectivity index (χ0v) is 12.8. The minimum atomic E-state index is -0.0884. The molecule has 100 valence electrons. The molecule has 2 unspecified atom stereocenters. The van der Waals surface area contributed by atoms with E-state index in [4.69, 9.17) is 0 Å². The van der Waals surface area contributed by atoms with Gasteiger partial charge in [0.25, 0.3) is 0 Å². The molecule has 3 rings (SSSR count). The van der Waals surface area contributed by atoms with Crippen molar-refractivity contribution in [3.8, 4) is 0 Å². The van der Waals surface area contributed by atoms with Crippen molar-refractivity contribution in [2.45, 2.75) is 12.3 Å². The van der Waals surface area contributed by atoms with Crippen molar-refractivity contribution in [3.05, 3.63) is 78.4 Å². The molecule has 2 aromatic rings. The first-order chi connectivity index (χ1) is 9.83. The zero-order valence-electron chi connectivity index (χ0n) is 11.1. The van der Waals surface area contributed by atoms with Gasteiger partial charge in [0.15, 0.2) is 0 Å². The second-order valence-corrected chi connectivity index (χ2v) is 7.27. The predicted molar refractivity (Wildman–Crippen MR) is 83.3 cm³/mol. The van der Waals surface area contributed by atoms with Crippen molar-refractivity contribution in [1.29, 1.82) is 0 Å². The van der Waals surface area contributed by atoms with Crippen molar-refractivity contribution in [2.24, 2.45) is 5.92 Å². The molecule has 1 nitrogen and oxygen atoms in total. The predicted octanol–water partition coefficient (Wildman–Crippen LogP) is 2.90. The monoisotopic (exact) mass is 328 g/mol. The topological polar surface area (TPSA) is 17.1 Å². The van der Waals surface area contributed by atoms with Crippen molar-refractivity contribution >= 4 is 24.1 Å². The van der Waals surface area contributed by atoms with Crippen LogP contribution in [-0.4, -0.2) is 19.6 Å². The molecular formula is C18H16OSe. The Kier molecular flexibility index (Phi) is 4.15. The number of allylic oxidation sites excluding steroid dienone is 2. The Morgan fingerprint density at radius 3 is 2.35 bits per heavy atom. The Morgan fingerprint density at radius 1 is 1.00 bits per heavy atom. The second kappa shape index (κ2) is 6.21. The summed E-state index contributed by atoms with van der Waals surface area (Å²) in [5.74, 6) is 1.16. The Morgan fingerprint density at radius 2 is 1.65 bits per heavy atom. The number of benzene rings is 2. The van der Waals surface area contributed by atoms with Crippen LogP contribution in [0.25, 0.3) is 0 Å². The van der Waals surface area contributed by atoms with E-state index in [1.807, 2.05) is 36.4 Å². The zero-order chi connectivity index (χ0) is 13.8. The van der Waals surface area contributed by atoms with Crippen LogP contribution in [0.4, 0.5) is 0 Å². The van der Waals surface area contributed by atoms with E-state index in [0.29, 0.717) is 11.8 Å². The van der Waals surface area contributed by atoms with Gasteiger partial charge in [0.05, 0.1) is 0 Å². The van der Waals surface area contributed by atoms with Gasteiger partial charge in [-0.05, 0) is 0 Å². The van der Waals surface area contributed by atoms with Crippen LogP contribution in [0, 0.1) is 5.92 Å². The third-order valence-corrected chi connectivity index (χ3v) is 5.28. The molecule has 0 heterocycles. The van der Waals surface area contributed by atoms with Crippen LogP contribution in [-0.2, 0) is 4.79 Å². The van der Waals surface area contributed by atoms with E-state index in [2.05, 4.69) is 30.3 Å². The van der Waals surface area contributed by atoms with Gasteiger partial charge < -0.3 is 0 Å². The first-order valence-corrected chi connectivity index (χ1v) is 8.54. The average Bonchev–Trinajstić information content (AvgIpc) is 3.27. The Labute approximate surface area is 125 Å². The molecule has 0 saturated heterocycles. The summed E-state index contributed by atoms with van der Waals surface area (Å²) in [6, 6.07) is 20.6. The van der Waals surface area contributed by atoms with Gasteiger partial charge >= 0.3 is 126 Å². The van der Waals surface area contributed by atoms with Crippen molar-refractivity contribution in [1.82, 2.24) is 0 Å². The van der Waals surface area contributed by atoms with Crippen LogP contribution in [0.3, 0.4) is 0 Å². The van der Waals surface area contributed by atoms with E-state index in [0.717, 1.165) is 4.46 Å². The fourth-order valence-electron chi connectivity index (χ4n) is 2.35. The number of carbonyl (C=O) groups is 1. The third kappa shape index (κ3) is 3.47. The summed E-state index contributed by atoms with van der Waals surface area (Å²) in [7, 11) is 0. The first-order valence-electron chi connectivity index (χ1n) is 6.83. The third-order valence-electron chi connectivity index (χ3n) is 3.51. The summed E-state index contributed by atoms with van der Waals surface area (Å²) >= 11 is -0.0884.